The van der Waals surface area contributed by atoms with Crippen molar-refractivity contribution in [2.75, 3.05) is 0 Å². The van der Waals surface area contributed by atoms with Gasteiger partial charge in [-0.1, -0.05) is 12.7 Å². The number of halogens is 2. The Hall–Kier alpha value is -0.860. The molecule has 0 amide bonds. The number of rotatable bonds is 3. The topological polar surface area (TPSA) is 9.23 Å². The minimum atomic E-state index is -2.77. The van der Waals surface area contributed by atoms with Crippen LogP contribution in [-0.2, 0) is 4.74 Å². The summed E-state index contributed by atoms with van der Waals surface area (Å²) in [5.41, 5.74) is 0. The molecular weight excluding hydrogens is 126 g/mol. The van der Waals surface area contributed by atoms with Gasteiger partial charge in [-0.3, -0.25) is 0 Å². The lowest BCUT2D eigenvalue weighted by Crippen LogP contribution is -1.95. The van der Waals surface area contributed by atoms with Gasteiger partial charge in [-0.15, -0.1) is 0 Å². The van der Waals surface area contributed by atoms with E-state index >= 15 is 0 Å². The van der Waals surface area contributed by atoms with E-state index in [1.807, 2.05) is 0 Å². The zero-order valence-electron chi connectivity index (χ0n) is 5.10. The molecule has 0 aromatic rings. The first-order valence-corrected chi connectivity index (χ1v) is 2.43. The summed E-state index contributed by atoms with van der Waals surface area (Å²) in [5, 5.41) is 0. The minimum Gasteiger partial charge on any atom is -0.435 e. The molecule has 1 nitrogen and oxygen atoms in total. The summed E-state index contributed by atoms with van der Waals surface area (Å²) in [6.45, 7) is 2.12. The fourth-order valence-electron chi connectivity index (χ4n) is 0.340. The molecule has 0 fully saturated rings. The molecule has 0 unspecified atom stereocenters. The summed E-state index contributed by atoms with van der Waals surface area (Å²) in [5.74, 6) is -0.0208. The zero-order valence-corrected chi connectivity index (χ0v) is 5.10. The van der Waals surface area contributed by atoms with Crippen molar-refractivity contribution in [2.24, 2.45) is 0 Å². The number of hydrogen-bond acceptors (Lipinski definition) is 1. The van der Waals surface area contributed by atoms with Crippen molar-refractivity contribution in [3.63, 3.8) is 0 Å². The van der Waals surface area contributed by atoms with Gasteiger partial charge in [0.2, 0.25) is 0 Å². The summed E-state index contributed by atoms with van der Waals surface area (Å²) in [6.07, 6.45) is 2.94. The Balaban J connectivity index is 3.51. The highest BCUT2D eigenvalue weighted by Crippen LogP contribution is 2.03. The summed E-state index contributed by atoms with van der Waals surface area (Å²) in [7, 11) is 0. The van der Waals surface area contributed by atoms with E-state index < -0.39 is 6.61 Å². The van der Waals surface area contributed by atoms with Crippen LogP contribution in [0.4, 0.5) is 8.78 Å². The lowest BCUT2D eigenvalue weighted by molar-refractivity contribution is -0.0915. The quantitative estimate of drug-likeness (QED) is 0.425. The monoisotopic (exact) mass is 134 g/mol. The molecule has 0 aliphatic heterocycles. The van der Waals surface area contributed by atoms with Crippen LogP contribution < -0.4 is 0 Å². The molecule has 0 rings (SSSR count). The van der Waals surface area contributed by atoms with Gasteiger partial charge in [-0.05, 0) is 13.0 Å². The van der Waals surface area contributed by atoms with Gasteiger partial charge in [0.25, 0.3) is 0 Å². The number of ether oxygens (including phenoxy) is 1. The number of allylic oxidation sites excluding steroid dienone is 2. The van der Waals surface area contributed by atoms with Crippen LogP contribution in [0.1, 0.15) is 6.92 Å². The Morgan fingerprint density at radius 3 is 2.56 bits per heavy atom. The van der Waals surface area contributed by atoms with Crippen LogP contribution >= 0.6 is 0 Å². The highest BCUT2D eigenvalue weighted by Gasteiger charge is 2.00. The SMILES string of the molecule is C=C(C=CC)OC(F)F. The van der Waals surface area contributed by atoms with E-state index in [2.05, 4.69) is 11.3 Å². The Morgan fingerprint density at radius 2 is 2.22 bits per heavy atom. The van der Waals surface area contributed by atoms with Crippen molar-refractivity contribution in [1.29, 1.82) is 0 Å². The van der Waals surface area contributed by atoms with E-state index in [9.17, 15) is 8.78 Å². The molecule has 3 heteroatoms. The standard InChI is InChI=1S/C6H8F2O/c1-3-4-5(2)9-6(7)8/h3-4,6H,2H2,1H3. The average molecular weight is 134 g/mol. The molecule has 9 heavy (non-hydrogen) atoms. The van der Waals surface area contributed by atoms with Crippen LogP contribution in [0.2, 0.25) is 0 Å². The van der Waals surface area contributed by atoms with E-state index in [-0.39, 0.29) is 5.76 Å². The smallest absolute Gasteiger partial charge is 0.387 e. The van der Waals surface area contributed by atoms with Crippen molar-refractivity contribution < 1.29 is 13.5 Å². The van der Waals surface area contributed by atoms with Crippen LogP contribution in [0.5, 0.6) is 0 Å². The molecule has 0 aromatic heterocycles. The molecule has 0 aliphatic carbocycles. The molecule has 0 saturated heterocycles. The van der Waals surface area contributed by atoms with Crippen LogP contribution in [0.15, 0.2) is 24.5 Å². The van der Waals surface area contributed by atoms with Crippen molar-refractivity contribution in [3.05, 3.63) is 24.5 Å². The molecule has 52 valence electrons. The first kappa shape index (κ1) is 8.14. The molecule has 0 spiro atoms. The Labute approximate surface area is 52.6 Å². The van der Waals surface area contributed by atoms with E-state index in [1.165, 1.54) is 6.08 Å². The summed E-state index contributed by atoms with van der Waals surface area (Å²) in [6, 6.07) is 0. The van der Waals surface area contributed by atoms with Crippen molar-refractivity contribution in [1.82, 2.24) is 0 Å². The van der Waals surface area contributed by atoms with Crippen LogP contribution in [0.25, 0.3) is 0 Å². The molecule has 0 heterocycles. The van der Waals surface area contributed by atoms with E-state index in [1.54, 1.807) is 13.0 Å². The Kier molecular flexibility index (Phi) is 3.67. The molecule has 0 bridgehead atoms. The molecule has 0 N–H and O–H groups in total. The summed E-state index contributed by atoms with van der Waals surface area (Å²) < 4.78 is 26.5. The van der Waals surface area contributed by atoms with Crippen LogP contribution in [0, 0.1) is 0 Å². The predicted molar refractivity (Wildman–Crippen MR) is 31.0 cm³/mol. The van der Waals surface area contributed by atoms with Crippen molar-refractivity contribution in [3.8, 4) is 0 Å². The lowest BCUT2D eigenvalue weighted by Gasteiger charge is -2.00. The van der Waals surface area contributed by atoms with Gasteiger partial charge in [0.05, 0.1) is 0 Å². The molecule has 0 aromatic carbocycles. The predicted octanol–water partition coefficient (Wildman–Crippen LogP) is 2.32. The van der Waals surface area contributed by atoms with Crippen molar-refractivity contribution in [2.45, 2.75) is 13.5 Å². The van der Waals surface area contributed by atoms with Gasteiger partial charge >= 0.3 is 6.61 Å². The third-order valence-electron chi connectivity index (χ3n) is 0.593. The Morgan fingerprint density at radius 1 is 1.67 bits per heavy atom. The van der Waals surface area contributed by atoms with E-state index in [4.69, 9.17) is 0 Å². The highest BCUT2D eigenvalue weighted by atomic mass is 19.3. The van der Waals surface area contributed by atoms with Gasteiger partial charge < -0.3 is 4.74 Å². The fourth-order valence-corrected chi connectivity index (χ4v) is 0.340. The first-order chi connectivity index (χ1) is 4.16. The average Bonchev–Trinajstić information content (AvgIpc) is 1.63. The second kappa shape index (κ2) is 4.06. The number of alkyl halides is 2. The van der Waals surface area contributed by atoms with Gasteiger partial charge in [0.1, 0.15) is 5.76 Å². The largest absolute Gasteiger partial charge is 0.435 e. The maximum atomic E-state index is 11.3. The third-order valence-corrected chi connectivity index (χ3v) is 0.593. The molecule has 0 saturated carbocycles. The maximum Gasteiger partial charge on any atom is 0.387 e. The van der Waals surface area contributed by atoms with Crippen LogP contribution in [-0.4, -0.2) is 6.61 Å². The Bertz CT molecular complexity index is 118. The molecule has 0 aliphatic rings. The molecular formula is C6H8F2O. The van der Waals surface area contributed by atoms with Crippen LogP contribution in [0.3, 0.4) is 0 Å². The van der Waals surface area contributed by atoms with Gasteiger partial charge in [0, 0.05) is 0 Å². The van der Waals surface area contributed by atoms with E-state index in [0.717, 1.165) is 0 Å². The van der Waals surface area contributed by atoms with Gasteiger partial charge in [-0.25, -0.2) is 0 Å². The number of hydrogen-bond donors (Lipinski definition) is 0. The second-order valence-corrected chi connectivity index (χ2v) is 1.34. The summed E-state index contributed by atoms with van der Waals surface area (Å²) >= 11 is 0. The molecule has 0 atom stereocenters. The van der Waals surface area contributed by atoms with Crippen molar-refractivity contribution >= 4 is 0 Å². The van der Waals surface area contributed by atoms with Gasteiger partial charge in [0.15, 0.2) is 0 Å². The minimum absolute atomic E-state index is 0.0208. The zero-order chi connectivity index (χ0) is 7.28. The summed E-state index contributed by atoms with van der Waals surface area (Å²) in [4.78, 5) is 0. The second-order valence-electron chi connectivity index (χ2n) is 1.34. The fraction of sp³-hybridized carbons (Fsp3) is 0.333. The highest BCUT2D eigenvalue weighted by molar-refractivity contribution is 5.05. The lowest BCUT2D eigenvalue weighted by atomic mass is 10.5. The molecule has 0 radical (unpaired) electrons. The normalized spacial score (nSPS) is 10.7. The maximum absolute atomic E-state index is 11.3. The van der Waals surface area contributed by atoms with E-state index in [0.29, 0.717) is 0 Å². The first-order valence-electron chi connectivity index (χ1n) is 2.43. The van der Waals surface area contributed by atoms with Gasteiger partial charge in [-0.2, -0.15) is 8.78 Å². The third kappa shape index (κ3) is 5.00.